The average molecular weight is 368 g/mol. The summed E-state index contributed by atoms with van der Waals surface area (Å²) in [6, 6.07) is 6.67. The van der Waals surface area contributed by atoms with Crippen molar-refractivity contribution in [2.75, 3.05) is 18.4 Å². The maximum atomic E-state index is 12.4. The lowest BCUT2D eigenvalue weighted by Gasteiger charge is -2.29. The molecule has 2 rings (SSSR count). The maximum Gasteiger partial charge on any atom is 0.306 e. The van der Waals surface area contributed by atoms with Gasteiger partial charge in [-0.3, -0.25) is 9.59 Å². The number of aliphatic carboxylic acids is 1. The molecule has 0 radical (unpaired) electrons. The van der Waals surface area contributed by atoms with Gasteiger partial charge in [-0.2, -0.15) is 5.26 Å². The van der Waals surface area contributed by atoms with Crippen LogP contribution in [0.3, 0.4) is 0 Å². The number of carbonyl (C=O) groups excluding carboxylic acids is 1. The largest absolute Gasteiger partial charge is 0.481 e. The topological polar surface area (TPSA) is 93.4 Å². The van der Waals surface area contributed by atoms with Crippen molar-refractivity contribution in [3.8, 4) is 6.07 Å². The standard InChI is InChI=1S/C16H15Cl2N3O3/c17-12-1-2-14(13(18)7-12)20-9-11(8-19)15(22)21-5-3-10(4-6-21)16(23)24/h1-2,7,9-10,20H,3-6H2,(H,23,24)/b11-9-. The van der Waals surface area contributed by atoms with E-state index in [0.29, 0.717) is 41.7 Å². The Bertz CT molecular complexity index is 720. The fourth-order valence-electron chi connectivity index (χ4n) is 2.40. The minimum absolute atomic E-state index is 0.0743. The maximum absolute atomic E-state index is 12.4. The number of amides is 1. The summed E-state index contributed by atoms with van der Waals surface area (Å²) < 4.78 is 0. The van der Waals surface area contributed by atoms with Gasteiger partial charge in [0.25, 0.3) is 5.91 Å². The van der Waals surface area contributed by atoms with Crippen LogP contribution >= 0.6 is 23.2 Å². The number of hydrogen-bond donors (Lipinski definition) is 2. The van der Waals surface area contributed by atoms with Crippen LogP contribution in [0.25, 0.3) is 0 Å². The van der Waals surface area contributed by atoms with Crippen LogP contribution in [0.1, 0.15) is 12.8 Å². The van der Waals surface area contributed by atoms with E-state index >= 15 is 0 Å². The van der Waals surface area contributed by atoms with Crippen LogP contribution in [-0.2, 0) is 9.59 Å². The molecule has 0 bridgehead atoms. The van der Waals surface area contributed by atoms with Crippen LogP contribution in [0.5, 0.6) is 0 Å². The Kier molecular flexibility index (Phi) is 6.07. The molecule has 1 saturated heterocycles. The fraction of sp³-hybridized carbons (Fsp3) is 0.312. The van der Waals surface area contributed by atoms with Crippen LogP contribution in [0.4, 0.5) is 5.69 Å². The van der Waals surface area contributed by atoms with Crippen molar-refractivity contribution in [3.63, 3.8) is 0 Å². The zero-order valence-corrected chi connectivity index (χ0v) is 14.1. The number of carbonyl (C=O) groups is 2. The third-order valence-electron chi connectivity index (χ3n) is 3.79. The van der Waals surface area contributed by atoms with Crippen molar-refractivity contribution in [2.24, 2.45) is 5.92 Å². The number of nitrogens with zero attached hydrogens (tertiary/aromatic N) is 2. The number of likely N-dealkylation sites (tertiary alicyclic amines) is 1. The van der Waals surface area contributed by atoms with E-state index in [0.717, 1.165) is 0 Å². The van der Waals surface area contributed by atoms with Gasteiger partial charge in [0.05, 0.1) is 16.6 Å². The molecule has 8 heteroatoms. The second kappa shape index (κ2) is 8.04. The molecule has 1 fully saturated rings. The molecule has 1 amide bonds. The molecule has 0 saturated carbocycles. The molecule has 126 valence electrons. The summed E-state index contributed by atoms with van der Waals surface area (Å²) >= 11 is 11.8. The van der Waals surface area contributed by atoms with E-state index in [1.165, 1.54) is 11.1 Å². The van der Waals surface area contributed by atoms with E-state index in [1.807, 2.05) is 6.07 Å². The molecule has 1 aromatic carbocycles. The number of hydrogen-bond acceptors (Lipinski definition) is 4. The molecule has 2 N–H and O–H groups in total. The Morgan fingerprint density at radius 3 is 2.54 bits per heavy atom. The van der Waals surface area contributed by atoms with E-state index in [2.05, 4.69) is 5.32 Å². The van der Waals surface area contributed by atoms with Crippen molar-refractivity contribution < 1.29 is 14.7 Å². The summed E-state index contributed by atoms with van der Waals surface area (Å²) in [7, 11) is 0. The van der Waals surface area contributed by atoms with Gasteiger partial charge in [0.2, 0.25) is 0 Å². The molecule has 0 aromatic heterocycles. The van der Waals surface area contributed by atoms with Gasteiger partial charge in [-0.15, -0.1) is 0 Å². The average Bonchev–Trinajstić information content (AvgIpc) is 2.57. The number of benzene rings is 1. The number of halogens is 2. The van der Waals surface area contributed by atoms with Gasteiger partial charge in [0.15, 0.2) is 0 Å². The van der Waals surface area contributed by atoms with Crippen LogP contribution in [-0.4, -0.2) is 35.0 Å². The normalized spacial score (nSPS) is 15.7. The molecule has 0 aliphatic carbocycles. The van der Waals surface area contributed by atoms with Gasteiger partial charge in [-0.25, -0.2) is 0 Å². The lowest BCUT2D eigenvalue weighted by atomic mass is 9.97. The lowest BCUT2D eigenvalue weighted by Crippen LogP contribution is -2.40. The first-order chi connectivity index (χ1) is 11.4. The smallest absolute Gasteiger partial charge is 0.306 e. The van der Waals surface area contributed by atoms with E-state index in [1.54, 1.807) is 18.2 Å². The second-order valence-corrected chi connectivity index (χ2v) is 6.19. The number of carboxylic acid groups (broad SMARTS) is 1. The number of nitrogens with one attached hydrogen (secondary N) is 1. The van der Waals surface area contributed by atoms with Gasteiger partial charge in [-0.05, 0) is 31.0 Å². The molecule has 0 spiro atoms. The third kappa shape index (κ3) is 4.40. The van der Waals surface area contributed by atoms with Crippen LogP contribution in [0.15, 0.2) is 30.0 Å². The van der Waals surface area contributed by atoms with Crippen LogP contribution in [0, 0.1) is 17.2 Å². The Morgan fingerprint density at radius 1 is 1.33 bits per heavy atom. The highest BCUT2D eigenvalue weighted by molar-refractivity contribution is 6.36. The predicted molar refractivity (Wildman–Crippen MR) is 90.7 cm³/mol. The summed E-state index contributed by atoms with van der Waals surface area (Å²) in [6.45, 7) is 0.632. The Hall–Kier alpha value is -2.23. The molecular formula is C16H15Cl2N3O3. The van der Waals surface area contributed by atoms with E-state index in [-0.39, 0.29) is 5.57 Å². The van der Waals surface area contributed by atoms with Gasteiger partial charge < -0.3 is 15.3 Å². The molecule has 6 nitrogen and oxygen atoms in total. The highest BCUT2D eigenvalue weighted by Crippen LogP contribution is 2.25. The monoisotopic (exact) mass is 367 g/mol. The second-order valence-electron chi connectivity index (χ2n) is 5.34. The lowest BCUT2D eigenvalue weighted by molar-refractivity contribution is -0.145. The highest BCUT2D eigenvalue weighted by Gasteiger charge is 2.28. The number of piperidine rings is 1. The fourth-order valence-corrected chi connectivity index (χ4v) is 2.86. The van der Waals surface area contributed by atoms with E-state index in [9.17, 15) is 14.9 Å². The summed E-state index contributed by atoms with van der Waals surface area (Å²) in [4.78, 5) is 24.8. The molecule has 0 unspecified atom stereocenters. The van der Waals surface area contributed by atoms with Gasteiger partial charge in [-0.1, -0.05) is 23.2 Å². The first-order valence-corrected chi connectivity index (χ1v) is 8.02. The predicted octanol–water partition coefficient (Wildman–Crippen LogP) is 3.14. The molecule has 24 heavy (non-hydrogen) atoms. The molecule has 0 atom stereocenters. The van der Waals surface area contributed by atoms with Gasteiger partial charge in [0.1, 0.15) is 11.6 Å². The van der Waals surface area contributed by atoms with E-state index < -0.39 is 17.8 Å². The first-order valence-electron chi connectivity index (χ1n) is 7.26. The Morgan fingerprint density at radius 2 is 2.00 bits per heavy atom. The zero-order valence-electron chi connectivity index (χ0n) is 12.6. The molecule has 1 aliphatic rings. The van der Waals surface area contributed by atoms with Crippen molar-refractivity contribution >= 4 is 40.8 Å². The van der Waals surface area contributed by atoms with Crippen LogP contribution < -0.4 is 5.32 Å². The van der Waals surface area contributed by atoms with Crippen molar-refractivity contribution in [2.45, 2.75) is 12.8 Å². The number of rotatable bonds is 4. The Labute approximate surface area is 149 Å². The molecular weight excluding hydrogens is 353 g/mol. The molecule has 1 aromatic rings. The SMILES string of the molecule is N#C/C(=C/Nc1ccc(Cl)cc1Cl)C(=O)N1CCC(C(=O)O)CC1. The van der Waals surface area contributed by atoms with Crippen molar-refractivity contribution in [1.29, 1.82) is 5.26 Å². The van der Waals surface area contributed by atoms with Crippen molar-refractivity contribution in [1.82, 2.24) is 4.90 Å². The number of carboxylic acids is 1. The Balaban J connectivity index is 2.04. The van der Waals surface area contributed by atoms with Gasteiger partial charge >= 0.3 is 5.97 Å². The quantitative estimate of drug-likeness (QED) is 0.629. The first kappa shape index (κ1) is 18.1. The minimum atomic E-state index is -0.850. The zero-order chi connectivity index (χ0) is 17.7. The summed E-state index contributed by atoms with van der Waals surface area (Å²) in [5.74, 6) is -1.72. The number of nitriles is 1. The summed E-state index contributed by atoms with van der Waals surface area (Å²) in [5, 5.41) is 21.8. The number of anilines is 1. The summed E-state index contributed by atoms with van der Waals surface area (Å²) in [6.07, 6.45) is 2.06. The molecule has 1 aliphatic heterocycles. The van der Waals surface area contributed by atoms with Crippen molar-refractivity contribution in [3.05, 3.63) is 40.0 Å². The third-order valence-corrected chi connectivity index (χ3v) is 4.33. The highest BCUT2D eigenvalue weighted by atomic mass is 35.5. The van der Waals surface area contributed by atoms with Crippen LogP contribution in [0.2, 0.25) is 10.0 Å². The van der Waals surface area contributed by atoms with E-state index in [4.69, 9.17) is 28.3 Å². The summed E-state index contributed by atoms with van der Waals surface area (Å²) in [5.41, 5.74) is 0.445. The minimum Gasteiger partial charge on any atom is -0.481 e. The van der Waals surface area contributed by atoms with Gasteiger partial charge in [0, 0.05) is 24.3 Å². The molecule has 1 heterocycles.